The summed E-state index contributed by atoms with van der Waals surface area (Å²) in [5, 5.41) is 19.0. The minimum Gasteiger partial charge on any atom is -0.478 e. The van der Waals surface area contributed by atoms with Crippen molar-refractivity contribution in [1.29, 1.82) is 0 Å². The lowest BCUT2D eigenvalue weighted by Crippen LogP contribution is -2.47. The molecule has 0 saturated heterocycles. The lowest BCUT2D eigenvalue weighted by Gasteiger charge is -2.37. The highest BCUT2D eigenvalue weighted by Crippen LogP contribution is 2.50. The fourth-order valence-corrected chi connectivity index (χ4v) is 3.75. The number of hydrogen-bond acceptors (Lipinski definition) is 5. The van der Waals surface area contributed by atoms with E-state index in [-0.39, 0.29) is 16.9 Å². The van der Waals surface area contributed by atoms with Crippen LogP contribution >= 0.6 is 0 Å². The van der Waals surface area contributed by atoms with Crippen LogP contribution in [0.15, 0.2) is 59.7 Å². The number of carboxylic acid groups (broad SMARTS) is 1. The maximum Gasteiger partial charge on any atom is 0.455 e. The number of anilines is 1. The molecule has 0 spiro atoms. The van der Waals surface area contributed by atoms with Crippen LogP contribution in [0.3, 0.4) is 0 Å². The number of rotatable bonds is 6. The molecular formula is C23H17F6N5O3. The summed E-state index contributed by atoms with van der Waals surface area (Å²) in [7, 11) is 0. The Morgan fingerprint density at radius 1 is 1.08 bits per heavy atom. The third-order valence-electron chi connectivity index (χ3n) is 5.65. The van der Waals surface area contributed by atoms with Crippen molar-refractivity contribution in [1.82, 2.24) is 15.2 Å². The van der Waals surface area contributed by atoms with E-state index in [1.165, 1.54) is 42.6 Å². The molecule has 0 aliphatic carbocycles. The van der Waals surface area contributed by atoms with Crippen molar-refractivity contribution in [2.75, 3.05) is 5.32 Å². The van der Waals surface area contributed by atoms with Gasteiger partial charge in [-0.15, -0.1) is 0 Å². The average Bonchev–Trinajstić information content (AvgIpc) is 3.28. The number of benzene rings is 2. The lowest BCUT2D eigenvalue weighted by molar-refractivity contribution is -0.301. The zero-order valence-electron chi connectivity index (χ0n) is 18.5. The van der Waals surface area contributed by atoms with Crippen LogP contribution in [0.1, 0.15) is 50.5 Å². The molecular weight excluding hydrogens is 508 g/mol. The number of hydrazone groups is 1. The number of carbonyl (C=O) groups excluding carboxylic acids is 1. The highest BCUT2D eigenvalue weighted by molar-refractivity contribution is 5.94. The van der Waals surface area contributed by atoms with Gasteiger partial charge in [-0.25, -0.2) is 19.3 Å². The first kappa shape index (κ1) is 25.7. The van der Waals surface area contributed by atoms with E-state index in [4.69, 9.17) is 5.11 Å². The van der Waals surface area contributed by atoms with Gasteiger partial charge in [0.2, 0.25) is 0 Å². The lowest BCUT2D eigenvalue weighted by atomic mass is 9.93. The number of halogens is 6. The SMILES string of the molecule is O=C(O)c1ccc(/C=N\NC(=O)c2cc3n(n2)[C@H](C(F)(F)C(F)(F)F)C[C@@H](c2ccc(F)cc2)N3)cc1. The first-order chi connectivity index (χ1) is 17.4. The second-order valence-electron chi connectivity index (χ2n) is 8.11. The van der Waals surface area contributed by atoms with Gasteiger partial charge in [0, 0.05) is 12.5 Å². The molecule has 2 heterocycles. The van der Waals surface area contributed by atoms with E-state index < -0.39 is 54.0 Å². The van der Waals surface area contributed by atoms with Gasteiger partial charge in [0.05, 0.1) is 17.8 Å². The summed E-state index contributed by atoms with van der Waals surface area (Å²) in [6, 6.07) is 7.51. The van der Waals surface area contributed by atoms with Crippen LogP contribution in [-0.4, -0.2) is 45.1 Å². The van der Waals surface area contributed by atoms with Gasteiger partial charge in [-0.1, -0.05) is 24.3 Å². The first-order valence-electron chi connectivity index (χ1n) is 10.6. The molecule has 1 aliphatic rings. The van der Waals surface area contributed by atoms with E-state index in [0.29, 0.717) is 10.2 Å². The maximum absolute atomic E-state index is 14.5. The van der Waals surface area contributed by atoms with Crippen molar-refractivity contribution in [3.05, 3.63) is 82.8 Å². The topological polar surface area (TPSA) is 109 Å². The van der Waals surface area contributed by atoms with Gasteiger partial charge >= 0.3 is 18.1 Å². The molecule has 37 heavy (non-hydrogen) atoms. The van der Waals surface area contributed by atoms with E-state index in [9.17, 15) is 35.9 Å². The molecule has 0 saturated carbocycles. The maximum atomic E-state index is 14.5. The number of carbonyl (C=O) groups is 2. The number of aromatic nitrogens is 2. The molecule has 2 atom stereocenters. The number of carboxylic acids is 1. The summed E-state index contributed by atoms with van der Waals surface area (Å²) >= 11 is 0. The summed E-state index contributed by atoms with van der Waals surface area (Å²) in [5.74, 6) is -8.20. The number of amides is 1. The zero-order valence-corrected chi connectivity index (χ0v) is 18.5. The Bertz CT molecular complexity index is 1340. The zero-order chi connectivity index (χ0) is 27.0. The molecule has 14 heteroatoms. The molecule has 3 aromatic rings. The molecule has 4 rings (SSSR count). The highest BCUT2D eigenvalue weighted by atomic mass is 19.4. The fourth-order valence-electron chi connectivity index (χ4n) is 3.75. The van der Waals surface area contributed by atoms with E-state index >= 15 is 0 Å². The van der Waals surface area contributed by atoms with Gasteiger partial charge < -0.3 is 10.4 Å². The van der Waals surface area contributed by atoms with Crippen LogP contribution in [-0.2, 0) is 0 Å². The number of aromatic carboxylic acids is 1. The number of fused-ring (bicyclic) bond motifs is 1. The first-order valence-corrected chi connectivity index (χ1v) is 10.6. The van der Waals surface area contributed by atoms with Gasteiger partial charge in [0.1, 0.15) is 17.7 Å². The Balaban J connectivity index is 1.59. The van der Waals surface area contributed by atoms with Crippen LogP contribution in [0.25, 0.3) is 0 Å². The third-order valence-corrected chi connectivity index (χ3v) is 5.65. The summed E-state index contributed by atoms with van der Waals surface area (Å²) in [6.45, 7) is 0. The van der Waals surface area contributed by atoms with Gasteiger partial charge in [0.25, 0.3) is 5.91 Å². The van der Waals surface area contributed by atoms with Crippen LogP contribution in [0, 0.1) is 5.82 Å². The molecule has 0 fully saturated rings. The predicted molar refractivity (Wildman–Crippen MR) is 118 cm³/mol. The monoisotopic (exact) mass is 525 g/mol. The molecule has 0 bridgehead atoms. The second kappa shape index (κ2) is 9.59. The minimum atomic E-state index is -5.89. The summed E-state index contributed by atoms with van der Waals surface area (Å²) < 4.78 is 82.5. The second-order valence-corrected chi connectivity index (χ2v) is 8.11. The molecule has 0 unspecified atom stereocenters. The number of nitrogens with one attached hydrogen (secondary N) is 2. The van der Waals surface area contributed by atoms with E-state index in [2.05, 4.69) is 20.9 Å². The summed E-state index contributed by atoms with van der Waals surface area (Å²) in [4.78, 5) is 23.4. The number of hydrogen-bond donors (Lipinski definition) is 3. The minimum absolute atomic E-state index is 0.0291. The molecule has 0 radical (unpaired) electrons. The van der Waals surface area contributed by atoms with Crippen LogP contribution in [0.4, 0.5) is 32.2 Å². The van der Waals surface area contributed by atoms with Gasteiger partial charge in [-0.3, -0.25) is 4.79 Å². The molecule has 8 nitrogen and oxygen atoms in total. The molecule has 1 aliphatic heterocycles. The largest absolute Gasteiger partial charge is 0.478 e. The summed E-state index contributed by atoms with van der Waals surface area (Å²) in [6.07, 6.45) is -5.48. The smallest absolute Gasteiger partial charge is 0.455 e. The number of nitrogens with zero attached hydrogens (tertiary/aromatic N) is 3. The van der Waals surface area contributed by atoms with E-state index in [1.807, 2.05) is 0 Å². The molecule has 2 aromatic carbocycles. The fraction of sp³-hybridized carbons (Fsp3) is 0.217. The number of alkyl halides is 5. The van der Waals surface area contributed by atoms with Crippen molar-refractivity contribution < 1.29 is 41.0 Å². The van der Waals surface area contributed by atoms with Gasteiger partial charge in [-0.2, -0.15) is 32.2 Å². The van der Waals surface area contributed by atoms with Crippen LogP contribution in [0.2, 0.25) is 0 Å². The predicted octanol–water partition coefficient (Wildman–Crippen LogP) is 4.78. The standard InChI is InChI=1S/C23H17F6N5O3/c24-15-7-5-13(6-8-15)16-9-18(22(25,26)23(27,28)29)34-19(31-16)10-17(33-34)20(35)32-30-11-12-1-3-14(4-2-12)21(36)37/h1-8,10-11,16,18,31H,9H2,(H,32,35)(H,36,37)/b30-11-/t16-,18-/m0/s1. The third kappa shape index (κ3) is 5.27. The quantitative estimate of drug-likeness (QED) is 0.244. The van der Waals surface area contributed by atoms with Crippen molar-refractivity contribution >= 4 is 23.9 Å². The Hall–Kier alpha value is -4.36. The molecule has 3 N–H and O–H groups in total. The average molecular weight is 525 g/mol. The Kier molecular flexibility index (Phi) is 6.67. The van der Waals surface area contributed by atoms with Crippen LogP contribution < -0.4 is 10.7 Å². The van der Waals surface area contributed by atoms with E-state index in [0.717, 1.165) is 18.2 Å². The normalized spacial score (nSPS) is 17.8. The summed E-state index contributed by atoms with van der Waals surface area (Å²) in [5.41, 5.74) is 2.32. The molecule has 1 aromatic heterocycles. The Morgan fingerprint density at radius 3 is 2.32 bits per heavy atom. The van der Waals surface area contributed by atoms with Crippen molar-refractivity contribution in [2.45, 2.75) is 30.6 Å². The van der Waals surface area contributed by atoms with Crippen molar-refractivity contribution in [2.24, 2.45) is 5.10 Å². The Morgan fingerprint density at radius 2 is 1.73 bits per heavy atom. The van der Waals surface area contributed by atoms with Crippen LogP contribution in [0.5, 0.6) is 0 Å². The molecule has 1 amide bonds. The Labute approximate surface area is 204 Å². The molecule has 194 valence electrons. The van der Waals surface area contributed by atoms with Gasteiger partial charge in [-0.05, 0) is 35.4 Å². The van der Waals surface area contributed by atoms with E-state index in [1.54, 1.807) is 0 Å². The van der Waals surface area contributed by atoms with Crippen molar-refractivity contribution in [3.63, 3.8) is 0 Å². The van der Waals surface area contributed by atoms with Gasteiger partial charge in [0.15, 0.2) is 5.69 Å². The highest BCUT2D eigenvalue weighted by Gasteiger charge is 2.64. The van der Waals surface area contributed by atoms with Crippen molar-refractivity contribution in [3.8, 4) is 0 Å².